The summed E-state index contributed by atoms with van der Waals surface area (Å²) in [6.07, 6.45) is 3.49. The van der Waals surface area contributed by atoms with Crippen molar-refractivity contribution in [2.75, 3.05) is 0 Å². The van der Waals surface area contributed by atoms with Gasteiger partial charge in [0.05, 0.1) is 5.69 Å². The van der Waals surface area contributed by atoms with Gasteiger partial charge in [-0.2, -0.15) is 5.10 Å². The van der Waals surface area contributed by atoms with Crippen molar-refractivity contribution in [3.8, 4) is 17.1 Å². The average Bonchev–Trinajstić information content (AvgIpc) is 3.07. The van der Waals surface area contributed by atoms with E-state index < -0.39 is 0 Å². The van der Waals surface area contributed by atoms with Crippen LogP contribution in [0.4, 0.5) is 0 Å². The number of nitrogens with zero attached hydrogens (tertiary/aromatic N) is 2. The van der Waals surface area contributed by atoms with Gasteiger partial charge in [0.2, 0.25) is 0 Å². The minimum absolute atomic E-state index is 0.611. The van der Waals surface area contributed by atoms with Gasteiger partial charge in [0, 0.05) is 10.9 Å². The maximum Gasteiger partial charge on any atom is 0.200 e. The fourth-order valence-corrected chi connectivity index (χ4v) is 3.89. The van der Waals surface area contributed by atoms with E-state index in [0.29, 0.717) is 4.77 Å². The average molecular weight is 374 g/mol. The van der Waals surface area contributed by atoms with Crippen LogP contribution in [0.2, 0.25) is 0 Å². The third kappa shape index (κ3) is 3.21. The molecular formula is C23H23N3S. The normalized spacial score (nSPS) is 11.2. The maximum absolute atomic E-state index is 5.61. The minimum Gasteiger partial charge on any atom is -0.268 e. The number of aromatic nitrogens is 3. The van der Waals surface area contributed by atoms with Crippen molar-refractivity contribution in [1.29, 1.82) is 0 Å². The van der Waals surface area contributed by atoms with Gasteiger partial charge in [-0.3, -0.25) is 9.67 Å². The van der Waals surface area contributed by atoms with Gasteiger partial charge in [-0.15, -0.1) is 0 Å². The largest absolute Gasteiger partial charge is 0.268 e. The first kappa shape index (κ1) is 17.7. The van der Waals surface area contributed by atoms with E-state index in [1.807, 2.05) is 12.1 Å². The Morgan fingerprint density at radius 2 is 1.74 bits per heavy atom. The number of unbranched alkanes of at least 4 members (excludes halogenated alkanes) is 1. The molecule has 0 saturated heterocycles. The third-order valence-corrected chi connectivity index (χ3v) is 5.36. The van der Waals surface area contributed by atoms with Crippen LogP contribution in [0.3, 0.4) is 0 Å². The number of hydrogen-bond donors (Lipinski definition) is 1. The van der Waals surface area contributed by atoms with Crippen molar-refractivity contribution >= 4 is 23.0 Å². The van der Waals surface area contributed by atoms with Crippen molar-refractivity contribution in [2.24, 2.45) is 0 Å². The number of aromatic amines is 1. The van der Waals surface area contributed by atoms with E-state index in [1.54, 1.807) is 0 Å². The molecular weight excluding hydrogens is 350 g/mol. The molecule has 3 aromatic carbocycles. The highest BCUT2D eigenvalue weighted by molar-refractivity contribution is 7.71. The summed E-state index contributed by atoms with van der Waals surface area (Å²) < 4.78 is 2.67. The van der Waals surface area contributed by atoms with Gasteiger partial charge in [0.15, 0.2) is 10.6 Å². The summed E-state index contributed by atoms with van der Waals surface area (Å²) in [7, 11) is 0. The highest BCUT2D eigenvalue weighted by atomic mass is 32.1. The fraction of sp³-hybridized carbons (Fsp3) is 0.217. The number of nitrogens with one attached hydrogen (secondary N) is 1. The zero-order chi connectivity index (χ0) is 18.8. The lowest BCUT2D eigenvalue weighted by Crippen LogP contribution is -2.00. The molecule has 1 heterocycles. The van der Waals surface area contributed by atoms with Crippen molar-refractivity contribution in [3.63, 3.8) is 0 Å². The highest BCUT2D eigenvalue weighted by Crippen LogP contribution is 2.30. The predicted octanol–water partition coefficient (Wildman–Crippen LogP) is 6.40. The molecule has 0 amide bonds. The fourth-order valence-electron chi connectivity index (χ4n) is 3.66. The lowest BCUT2D eigenvalue weighted by Gasteiger charge is -2.13. The summed E-state index contributed by atoms with van der Waals surface area (Å²) in [5.74, 6) is 0.851. The Labute approximate surface area is 164 Å². The maximum atomic E-state index is 5.61. The number of hydrogen-bond acceptors (Lipinski definition) is 2. The smallest absolute Gasteiger partial charge is 0.200 e. The molecule has 0 aliphatic heterocycles. The second-order valence-corrected chi connectivity index (χ2v) is 7.28. The second-order valence-electron chi connectivity index (χ2n) is 6.90. The summed E-state index contributed by atoms with van der Waals surface area (Å²) in [4.78, 5) is 0. The molecule has 0 radical (unpaired) electrons. The number of rotatable bonds is 5. The van der Waals surface area contributed by atoms with Gasteiger partial charge in [0.25, 0.3) is 0 Å². The van der Waals surface area contributed by atoms with Crippen LogP contribution in [0, 0.1) is 11.7 Å². The van der Waals surface area contributed by atoms with E-state index in [1.165, 1.54) is 34.7 Å². The zero-order valence-electron chi connectivity index (χ0n) is 15.7. The van der Waals surface area contributed by atoms with Gasteiger partial charge in [0.1, 0.15) is 0 Å². The molecule has 136 valence electrons. The second kappa shape index (κ2) is 7.49. The van der Waals surface area contributed by atoms with E-state index in [-0.39, 0.29) is 0 Å². The van der Waals surface area contributed by atoms with Crippen LogP contribution in [0.1, 0.15) is 30.9 Å². The molecule has 1 aromatic heterocycles. The highest BCUT2D eigenvalue weighted by Gasteiger charge is 2.15. The molecule has 1 N–H and O–H groups in total. The molecule has 0 aliphatic carbocycles. The van der Waals surface area contributed by atoms with Crippen LogP contribution >= 0.6 is 12.2 Å². The standard InChI is InChI=1S/C23H23N3S/c1-3-4-10-17-11-7-14-20-19(17)13-8-15-21(20)26-22(24-25-23(26)27)18-12-6-5-9-16(18)2/h5-9,11-15H,3-4,10H2,1-2H3,(H,25,27). The minimum atomic E-state index is 0.611. The Balaban J connectivity index is 1.96. The van der Waals surface area contributed by atoms with E-state index in [9.17, 15) is 0 Å². The first-order valence-corrected chi connectivity index (χ1v) is 9.86. The summed E-state index contributed by atoms with van der Waals surface area (Å²) in [6, 6.07) is 21.3. The van der Waals surface area contributed by atoms with Crippen LogP contribution in [0.25, 0.3) is 27.8 Å². The molecule has 0 unspecified atom stereocenters. The summed E-state index contributed by atoms with van der Waals surface area (Å²) in [5.41, 5.74) is 4.73. The molecule has 27 heavy (non-hydrogen) atoms. The summed E-state index contributed by atoms with van der Waals surface area (Å²) in [5, 5.41) is 10.0. The van der Waals surface area contributed by atoms with Crippen LogP contribution in [-0.4, -0.2) is 14.8 Å². The number of aryl methyl sites for hydroxylation is 2. The lowest BCUT2D eigenvalue weighted by atomic mass is 9.99. The molecule has 0 atom stereocenters. The van der Waals surface area contributed by atoms with Crippen LogP contribution in [-0.2, 0) is 6.42 Å². The van der Waals surface area contributed by atoms with E-state index in [4.69, 9.17) is 12.2 Å². The molecule has 4 heteroatoms. The Hall–Kier alpha value is -2.72. The van der Waals surface area contributed by atoms with Crippen molar-refractivity contribution < 1.29 is 0 Å². The van der Waals surface area contributed by atoms with Crippen LogP contribution in [0.5, 0.6) is 0 Å². The molecule has 0 aliphatic rings. The van der Waals surface area contributed by atoms with Gasteiger partial charge < -0.3 is 0 Å². The van der Waals surface area contributed by atoms with Gasteiger partial charge in [-0.25, -0.2) is 0 Å². The third-order valence-electron chi connectivity index (χ3n) is 5.09. The first-order valence-electron chi connectivity index (χ1n) is 9.45. The summed E-state index contributed by atoms with van der Waals surface area (Å²) in [6.45, 7) is 4.33. The van der Waals surface area contributed by atoms with Crippen molar-refractivity contribution in [3.05, 3.63) is 76.6 Å². The zero-order valence-corrected chi connectivity index (χ0v) is 16.5. The van der Waals surface area contributed by atoms with Gasteiger partial charge in [-0.05, 0) is 54.6 Å². The number of fused-ring (bicyclic) bond motifs is 1. The van der Waals surface area contributed by atoms with Gasteiger partial charge in [-0.1, -0.05) is 67.9 Å². The molecule has 4 aromatic rings. The topological polar surface area (TPSA) is 33.6 Å². The molecule has 0 saturated carbocycles. The SMILES string of the molecule is CCCCc1cccc2c(-n3c(-c4ccccc4C)n[nH]c3=S)cccc12. The van der Waals surface area contributed by atoms with Gasteiger partial charge >= 0.3 is 0 Å². The Kier molecular flexibility index (Phi) is 4.90. The molecule has 4 rings (SSSR count). The Morgan fingerprint density at radius 1 is 0.963 bits per heavy atom. The van der Waals surface area contributed by atoms with Crippen molar-refractivity contribution in [1.82, 2.24) is 14.8 Å². The summed E-state index contributed by atoms with van der Waals surface area (Å²) >= 11 is 5.61. The van der Waals surface area contributed by atoms with Crippen molar-refractivity contribution in [2.45, 2.75) is 33.1 Å². The lowest BCUT2D eigenvalue weighted by molar-refractivity contribution is 0.799. The predicted molar refractivity (Wildman–Crippen MR) is 115 cm³/mol. The first-order chi connectivity index (χ1) is 13.2. The number of benzene rings is 3. The van der Waals surface area contributed by atoms with E-state index >= 15 is 0 Å². The Morgan fingerprint density at radius 3 is 2.56 bits per heavy atom. The van der Waals surface area contributed by atoms with E-state index in [2.05, 4.69) is 77.1 Å². The van der Waals surface area contributed by atoms with Crippen LogP contribution in [0.15, 0.2) is 60.7 Å². The number of H-pyrrole nitrogens is 1. The molecule has 0 bridgehead atoms. The molecule has 0 fully saturated rings. The van der Waals surface area contributed by atoms with E-state index in [0.717, 1.165) is 23.5 Å². The molecule has 3 nitrogen and oxygen atoms in total. The molecule has 0 spiro atoms. The van der Waals surface area contributed by atoms with Crippen LogP contribution < -0.4 is 0 Å². The Bertz CT molecular complexity index is 1150. The quantitative estimate of drug-likeness (QED) is 0.411. The monoisotopic (exact) mass is 373 g/mol.